The molecule has 0 radical (unpaired) electrons. The summed E-state index contributed by atoms with van der Waals surface area (Å²) in [6.45, 7) is 0.0596. The molecule has 0 atom stereocenters. The Bertz CT molecular complexity index is 977. The van der Waals surface area contributed by atoms with Gasteiger partial charge in [0, 0.05) is 11.6 Å². The maximum atomic E-state index is 12.0. The van der Waals surface area contributed by atoms with Crippen molar-refractivity contribution in [2.75, 3.05) is 14.2 Å². The van der Waals surface area contributed by atoms with Crippen molar-refractivity contribution in [1.29, 1.82) is 0 Å². The number of hydrogen-bond donors (Lipinski definition) is 1. The first kappa shape index (κ1) is 18.0. The van der Waals surface area contributed by atoms with Crippen LogP contribution in [-0.2, 0) is 6.54 Å². The van der Waals surface area contributed by atoms with Crippen LogP contribution < -0.4 is 14.8 Å². The number of nitrogens with zero attached hydrogens (tertiary/aromatic N) is 2. The molecule has 0 unspecified atom stereocenters. The van der Waals surface area contributed by atoms with Gasteiger partial charge in [0.05, 0.1) is 26.8 Å². The zero-order chi connectivity index (χ0) is 19.4. The highest BCUT2D eigenvalue weighted by Crippen LogP contribution is 2.32. The number of ether oxygens (including phenoxy) is 2. The van der Waals surface area contributed by atoms with E-state index in [1.807, 2.05) is 0 Å². The Morgan fingerprint density at radius 1 is 1.19 bits per heavy atom. The normalized spacial score (nSPS) is 10.4. The lowest BCUT2D eigenvalue weighted by molar-refractivity contribution is -0.402. The molecule has 10 nitrogen and oxygen atoms in total. The molecular weight excluding hydrogens is 358 g/mol. The molecule has 0 aliphatic heterocycles. The number of nitro groups is 1. The van der Waals surface area contributed by atoms with E-state index in [1.165, 1.54) is 13.2 Å². The third-order valence-electron chi connectivity index (χ3n) is 3.65. The van der Waals surface area contributed by atoms with Crippen LogP contribution in [-0.4, -0.2) is 30.2 Å². The molecule has 27 heavy (non-hydrogen) atoms. The van der Waals surface area contributed by atoms with Crippen molar-refractivity contribution in [3.8, 4) is 22.8 Å². The van der Waals surface area contributed by atoms with E-state index >= 15 is 0 Å². The average molecular weight is 373 g/mol. The molecule has 1 amide bonds. The number of carbonyl (C=O) groups excluding carboxylic acids is 1. The minimum atomic E-state index is -0.718. The van der Waals surface area contributed by atoms with Crippen molar-refractivity contribution >= 4 is 11.8 Å². The Morgan fingerprint density at radius 3 is 2.63 bits per heavy atom. The summed E-state index contributed by atoms with van der Waals surface area (Å²) in [5.41, 5.74) is 1.19. The number of furan rings is 1. The number of nitrogens with one attached hydrogen (secondary N) is 1. The Balaban J connectivity index is 1.67. The van der Waals surface area contributed by atoms with Gasteiger partial charge in [-0.2, -0.15) is 0 Å². The maximum absolute atomic E-state index is 12.0. The van der Waals surface area contributed by atoms with Gasteiger partial charge in [-0.05, 0) is 24.3 Å². The maximum Gasteiger partial charge on any atom is 0.433 e. The van der Waals surface area contributed by atoms with Gasteiger partial charge < -0.3 is 23.7 Å². The molecule has 1 aromatic carbocycles. The van der Waals surface area contributed by atoms with Crippen molar-refractivity contribution in [3.05, 3.63) is 58.0 Å². The summed E-state index contributed by atoms with van der Waals surface area (Å²) in [4.78, 5) is 21.8. The van der Waals surface area contributed by atoms with Crippen LogP contribution in [0.25, 0.3) is 11.3 Å². The van der Waals surface area contributed by atoms with Gasteiger partial charge in [-0.15, -0.1) is 0 Å². The summed E-state index contributed by atoms with van der Waals surface area (Å²) in [7, 11) is 3.07. The molecule has 140 valence electrons. The van der Waals surface area contributed by atoms with Crippen LogP contribution in [0.5, 0.6) is 11.5 Å². The molecule has 2 aromatic heterocycles. The monoisotopic (exact) mass is 373 g/mol. The Kier molecular flexibility index (Phi) is 5.06. The van der Waals surface area contributed by atoms with Crippen molar-refractivity contribution in [2.45, 2.75) is 6.54 Å². The number of rotatable bonds is 7. The van der Waals surface area contributed by atoms with E-state index in [0.717, 1.165) is 11.6 Å². The van der Waals surface area contributed by atoms with E-state index in [1.54, 1.807) is 31.4 Å². The van der Waals surface area contributed by atoms with Gasteiger partial charge in [-0.1, -0.05) is 5.16 Å². The highest BCUT2D eigenvalue weighted by molar-refractivity contribution is 5.91. The standard InChI is InChI=1S/C17H15N3O7/c1-24-12-4-3-10(7-15(12)25-2)14-8-11(19-27-14)9-18-17(21)13-5-6-16(26-13)20(22)23/h3-8H,9H2,1-2H3,(H,18,21). The summed E-state index contributed by atoms with van der Waals surface area (Å²) < 4.78 is 20.6. The minimum absolute atomic E-state index is 0.0596. The fourth-order valence-electron chi connectivity index (χ4n) is 2.33. The van der Waals surface area contributed by atoms with Crippen LogP contribution in [0.2, 0.25) is 0 Å². The summed E-state index contributed by atoms with van der Waals surface area (Å²) in [5.74, 6) is 0.344. The smallest absolute Gasteiger partial charge is 0.433 e. The van der Waals surface area contributed by atoms with E-state index < -0.39 is 16.7 Å². The predicted molar refractivity (Wildman–Crippen MR) is 91.6 cm³/mol. The molecular formula is C17H15N3O7. The van der Waals surface area contributed by atoms with Crippen molar-refractivity contribution < 1.29 is 28.1 Å². The summed E-state index contributed by atoms with van der Waals surface area (Å²) >= 11 is 0. The second kappa shape index (κ2) is 7.60. The lowest BCUT2D eigenvalue weighted by atomic mass is 10.1. The van der Waals surface area contributed by atoms with Gasteiger partial charge in [0.25, 0.3) is 5.91 Å². The summed E-state index contributed by atoms with van der Waals surface area (Å²) in [6.07, 6.45) is 0. The highest BCUT2D eigenvalue weighted by Gasteiger charge is 2.18. The molecule has 0 saturated heterocycles. The molecule has 3 rings (SSSR count). The predicted octanol–water partition coefficient (Wildman–Crippen LogP) is 2.79. The number of amides is 1. The van der Waals surface area contributed by atoms with Gasteiger partial charge in [-0.25, -0.2) is 0 Å². The van der Waals surface area contributed by atoms with Crippen molar-refractivity contribution in [2.24, 2.45) is 0 Å². The lowest BCUT2D eigenvalue weighted by Crippen LogP contribution is -2.22. The SMILES string of the molecule is COc1ccc(-c2cc(CNC(=O)c3ccc([N+](=O)[O-])o3)no2)cc1OC. The fourth-order valence-corrected chi connectivity index (χ4v) is 2.33. The zero-order valence-corrected chi connectivity index (χ0v) is 14.4. The van der Waals surface area contributed by atoms with Crippen LogP contribution in [0.3, 0.4) is 0 Å². The topological polar surface area (TPSA) is 130 Å². The number of hydrogen-bond acceptors (Lipinski definition) is 8. The van der Waals surface area contributed by atoms with Gasteiger partial charge in [0.15, 0.2) is 23.0 Å². The molecule has 10 heteroatoms. The molecule has 1 N–H and O–H groups in total. The third kappa shape index (κ3) is 3.89. The number of methoxy groups -OCH3 is 2. The van der Waals surface area contributed by atoms with E-state index in [0.29, 0.717) is 23.0 Å². The van der Waals surface area contributed by atoms with Crippen LogP contribution >= 0.6 is 0 Å². The Morgan fingerprint density at radius 2 is 1.96 bits per heavy atom. The lowest BCUT2D eigenvalue weighted by Gasteiger charge is -2.07. The molecule has 0 bridgehead atoms. The first-order valence-electron chi connectivity index (χ1n) is 7.72. The van der Waals surface area contributed by atoms with Crippen LogP contribution in [0, 0.1) is 10.1 Å². The molecule has 3 aromatic rings. The number of benzene rings is 1. The number of carbonyl (C=O) groups is 1. The first-order valence-corrected chi connectivity index (χ1v) is 7.72. The molecule has 2 heterocycles. The molecule has 0 aliphatic carbocycles. The second-order valence-electron chi connectivity index (χ2n) is 5.33. The Hall–Kier alpha value is -3.82. The van der Waals surface area contributed by atoms with E-state index in [-0.39, 0.29) is 12.3 Å². The van der Waals surface area contributed by atoms with Crippen LogP contribution in [0.4, 0.5) is 5.88 Å². The summed E-state index contributed by atoms with van der Waals surface area (Å²) in [6, 6.07) is 9.26. The molecule has 0 spiro atoms. The van der Waals surface area contributed by atoms with Crippen LogP contribution in [0.15, 0.2) is 45.3 Å². The van der Waals surface area contributed by atoms with E-state index in [2.05, 4.69) is 10.5 Å². The quantitative estimate of drug-likeness (QED) is 0.494. The van der Waals surface area contributed by atoms with E-state index in [4.69, 9.17) is 18.4 Å². The molecule has 0 aliphatic rings. The van der Waals surface area contributed by atoms with Crippen molar-refractivity contribution in [1.82, 2.24) is 10.5 Å². The van der Waals surface area contributed by atoms with E-state index in [9.17, 15) is 14.9 Å². The summed E-state index contributed by atoms with van der Waals surface area (Å²) in [5, 5.41) is 17.0. The zero-order valence-electron chi connectivity index (χ0n) is 14.4. The van der Waals surface area contributed by atoms with Crippen LogP contribution in [0.1, 0.15) is 16.2 Å². The van der Waals surface area contributed by atoms with Gasteiger partial charge in [0.1, 0.15) is 10.6 Å². The highest BCUT2D eigenvalue weighted by atomic mass is 16.6. The van der Waals surface area contributed by atoms with Crippen molar-refractivity contribution in [3.63, 3.8) is 0 Å². The number of aromatic nitrogens is 1. The average Bonchev–Trinajstić information content (AvgIpc) is 3.35. The fraction of sp³-hybridized carbons (Fsp3) is 0.176. The van der Waals surface area contributed by atoms with Gasteiger partial charge in [0.2, 0.25) is 0 Å². The molecule has 0 fully saturated rings. The Labute approximate surface area is 152 Å². The first-order chi connectivity index (χ1) is 13.0. The third-order valence-corrected chi connectivity index (χ3v) is 3.65. The minimum Gasteiger partial charge on any atom is -0.493 e. The largest absolute Gasteiger partial charge is 0.493 e. The van der Waals surface area contributed by atoms with Gasteiger partial charge in [-0.3, -0.25) is 14.9 Å². The second-order valence-corrected chi connectivity index (χ2v) is 5.33. The van der Waals surface area contributed by atoms with Gasteiger partial charge >= 0.3 is 5.88 Å². The molecule has 0 saturated carbocycles.